The van der Waals surface area contributed by atoms with Gasteiger partial charge in [0.2, 0.25) is 0 Å². The Morgan fingerprint density at radius 2 is 1.56 bits per heavy atom. The Kier molecular flexibility index (Phi) is 7.58. The molecular weight excluding hydrogens is 437 g/mol. The molecule has 0 bridgehead atoms. The fourth-order valence-electron chi connectivity index (χ4n) is 5.33. The van der Waals surface area contributed by atoms with E-state index in [9.17, 15) is 19.1 Å². The van der Waals surface area contributed by atoms with Crippen LogP contribution in [0.4, 0.5) is 4.39 Å². The van der Waals surface area contributed by atoms with E-state index in [4.69, 9.17) is 10.2 Å². The maximum atomic E-state index is 14.8. The number of carboxylic acid groups (broad SMARTS) is 2. The van der Waals surface area contributed by atoms with Crippen LogP contribution in [-0.4, -0.2) is 52.3 Å². The van der Waals surface area contributed by atoms with Gasteiger partial charge in [0.15, 0.2) is 0 Å². The van der Waals surface area contributed by atoms with Crippen molar-refractivity contribution in [1.29, 1.82) is 0 Å². The van der Waals surface area contributed by atoms with Gasteiger partial charge in [-0.1, -0.05) is 50.2 Å². The molecule has 2 aliphatic rings. The number of carbonyl (C=O) groups is 2. The summed E-state index contributed by atoms with van der Waals surface area (Å²) < 4.78 is 14.8. The van der Waals surface area contributed by atoms with E-state index >= 15 is 0 Å². The van der Waals surface area contributed by atoms with Crippen molar-refractivity contribution >= 4 is 11.9 Å². The van der Waals surface area contributed by atoms with Gasteiger partial charge in [-0.2, -0.15) is 0 Å². The number of hydrogen-bond acceptors (Lipinski definition) is 4. The predicted molar refractivity (Wildman–Crippen MR) is 128 cm³/mol. The second-order valence-electron chi connectivity index (χ2n) is 9.73. The molecule has 1 atom stereocenters. The van der Waals surface area contributed by atoms with Crippen LogP contribution < -0.4 is 0 Å². The number of carboxylic acids is 2. The number of likely N-dealkylation sites (tertiary alicyclic amines) is 1. The average molecular weight is 470 g/mol. The third-order valence-corrected chi connectivity index (χ3v) is 7.05. The van der Waals surface area contributed by atoms with Crippen molar-refractivity contribution in [2.75, 3.05) is 20.1 Å². The number of aliphatic carboxylic acids is 2. The Labute approximate surface area is 199 Å². The summed E-state index contributed by atoms with van der Waals surface area (Å²) >= 11 is 0. The minimum absolute atomic E-state index is 0.152. The largest absolute Gasteiger partial charge is 0.478 e. The summed E-state index contributed by atoms with van der Waals surface area (Å²) in [5.41, 5.74) is 2.18. The van der Waals surface area contributed by atoms with Crippen molar-refractivity contribution in [1.82, 2.24) is 4.90 Å². The highest BCUT2D eigenvalue weighted by Crippen LogP contribution is 2.58. The quantitative estimate of drug-likeness (QED) is 0.577. The lowest BCUT2D eigenvalue weighted by molar-refractivity contribution is -0.134. The molecule has 0 spiro atoms. The fourth-order valence-corrected chi connectivity index (χ4v) is 5.33. The zero-order chi connectivity index (χ0) is 25.1. The van der Waals surface area contributed by atoms with Crippen molar-refractivity contribution in [3.05, 3.63) is 71.6 Å². The van der Waals surface area contributed by atoms with Crippen LogP contribution in [0.5, 0.6) is 0 Å². The molecule has 34 heavy (non-hydrogen) atoms. The normalized spacial score (nSPS) is 22.1. The maximum Gasteiger partial charge on any atom is 0.328 e. The van der Waals surface area contributed by atoms with E-state index in [-0.39, 0.29) is 17.2 Å². The first-order chi connectivity index (χ1) is 16.0. The van der Waals surface area contributed by atoms with Gasteiger partial charge in [0.05, 0.1) is 5.60 Å². The molecule has 4 rings (SSSR count). The second-order valence-corrected chi connectivity index (χ2v) is 9.73. The lowest BCUT2D eigenvalue weighted by atomic mass is 9.64. The molecule has 2 aromatic rings. The van der Waals surface area contributed by atoms with Gasteiger partial charge in [0.25, 0.3) is 0 Å². The summed E-state index contributed by atoms with van der Waals surface area (Å²) in [6, 6.07) is 13.5. The molecule has 3 N–H and O–H groups in total. The van der Waals surface area contributed by atoms with Gasteiger partial charge in [-0.3, -0.25) is 0 Å². The first kappa shape index (κ1) is 25.6. The first-order valence-electron chi connectivity index (χ1n) is 11.4. The number of piperidine rings is 1. The lowest BCUT2D eigenvalue weighted by Gasteiger charge is -2.47. The number of rotatable bonds is 4. The van der Waals surface area contributed by atoms with E-state index in [1.807, 2.05) is 36.4 Å². The van der Waals surface area contributed by atoms with Crippen molar-refractivity contribution in [3.8, 4) is 11.1 Å². The number of hydrogen-bond donors (Lipinski definition) is 3. The number of aliphatic hydroxyl groups is 1. The smallest absolute Gasteiger partial charge is 0.328 e. The van der Waals surface area contributed by atoms with Gasteiger partial charge in [0, 0.05) is 17.6 Å². The topological polar surface area (TPSA) is 98.1 Å². The molecule has 1 unspecified atom stereocenters. The minimum atomic E-state index is -1.26. The van der Waals surface area contributed by atoms with Crippen molar-refractivity contribution in [2.45, 2.75) is 38.7 Å². The van der Waals surface area contributed by atoms with E-state index in [1.54, 1.807) is 6.07 Å². The highest BCUT2D eigenvalue weighted by Gasteiger charge is 2.57. The van der Waals surface area contributed by atoms with Gasteiger partial charge in [-0.05, 0) is 73.6 Å². The Morgan fingerprint density at radius 3 is 2.09 bits per heavy atom. The lowest BCUT2D eigenvalue weighted by Crippen LogP contribution is -2.49. The molecule has 1 saturated heterocycles. The molecule has 0 saturated carbocycles. The van der Waals surface area contributed by atoms with Gasteiger partial charge in [-0.25, -0.2) is 14.0 Å². The zero-order valence-electron chi connectivity index (χ0n) is 19.8. The minimum Gasteiger partial charge on any atom is -0.478 e. The SMILES string of the molecule is CN1CCC(C2(O)c3c(-c4ccccc4)ccc(F)c3CC2(C)C)CC1.O=C(O)/C=C/C(=O)O. The highest BCUT2D eigenvalue weighted by molar-refractivity contribution is 5.89. The number of halogens is 1. The summed E-state index contributed by atoms with van der Waals surface area (Å²) in [6.07, 6.45) is 3.59. The molecule has 1 fully saturated rings. The van der Waals surface area contributed by atoms with E-state index in [0.29, 0.717) is 24.1 Å². The van der Waals surface area contributed by atoms with Gasteiger partial charge >= 0.3 is 11.9 Å². The number of benzene rings is 2. The Balaban J connectivity index is 0.000000350. The van der Waals surface area contributed by atoms with E-state index in [1.165, 1.54) is 0 Å². The standard InChI is InChI=1S/C23H28FNO.C4H4O4/c1-22(2)15-19-20(24)10-9-18(16-7-5-4-6-8-16)21(19)23(22,26)17-11-13-25(3)14-12-17;5-3(6)1-2-4(7)8/h4-10,17,26H,11-15H2,1-3H3;1-2H,(H,5,6)(H,7,8)/b;2-1+. The zero-order valence-corrected chi connectivity index (χ0v) is 19.8. The number of fused-ring (bicyclic) bond motifs is 1. The van der Waals surface area contributed by atoms with Crippen molar-refractivity contribution < 1.29 is 29.3 Å². The molecule has 0 amide bonds. The van der Waals surface area contributed by atoms with Crippen LogP contribution in [-0.2, 0) is 21.6 Å². The van der Waals surface area contributed by atoms with Crippen molar-refractivity contribution in [3.63, 3.8) is 0 Å². The fraction of sp³-hybridized carbons (Fsp3) is 0.407. The summed E-state index contributed by atoms with van der Waals surface area (Å²) in [7, 11) is 2.13. The third kappa shape index (κ3) is 5.05. The van der Waals surface area contributed by atoms with Crippen LogP contribution in [0.3, 0.4) is 0 Å². The third-order valence-electron chi connectivity index (χ3n) is 7.05. The molecule has 6 nitrogen and oxygen atoms in total. The van der Waals surface area contributed by atoms with Crippen LogP contribution in [0.1, 0.15) is 37.8 Å². The molecular formula is C27H32FNO5. The van der Waals surface area contributed by atoms with Gasteiger partial charge < -0.3 is 20.2 Å². The molecule has 1 heterocycles. The van der Waals surface area contributed by atoms with Crippen LogP contribution in [0.15, 0.2) is 54.6 Å². The summed E-state index contributed by atoms with van der Waals surface area (Å²) in [5.74, 6) is -2.55. The second kappa shape index (κ2) is 10.1. The molecule has 0 radical (unpaired) electrons. The van der Waals surface area contributed by atoms with E-state index in [0.717, 1.165) is 42.6 Å². The summed E-state index contributed by atoms with van der Waals surface area (Å²) in [5, 5.41) is 27.8. The summed E-state index contributed by atoms with van der Waals surface area (Å²) in [4.78, 5) is 21.4. The molecule has 1 aliphatic carbocycles. The Hall–Kier alpha value is -3.03. The number of nitrogens with zero attached hydrogens (tertiary/aromatic N) is 1. The van der Waals surface area contributed by atoms with Crippen LogP contribution in [0.2, 0.25) is 0 Å². The van der Waals surface area contributed by atoms with E-state index in [2.05, 4.69) is 25.8 Å². The molecule has 2 aromatic carbocycles. The van der Waals surface area contributed by atoms with E-state index < -0.39 is 17.5 Å². The van der Waals surface area contributed by atoms with Gasteiger partial charge in [-0.15, -0.1) is 0 Å². The molecule has 0 aromatic heterocycles. The molecule has 182 valence electrons. The first-order valence-corrected chi connectivity index (χ1v) is 11.4. The predicted octanol–water partition coefficient (Wildman–Crippen LogP) is 4.32. The molecule has 1 aliphatic heterocycles. The van der Waals surface area contributed by atoms with Crippen LogP contribution in [0.25, 0.3) is 11.1 Å². The van der Waals surface area contributed by atoms with Crippen molar-refractivity contribution in [2.24, 2.45) is 11.3 Å². The monoisotopic (exact) mass is 469 g/mol. The van der Waals surface area contributed by atoms with Crippen LogP contribution >= 0.6 is 0 Å². The Bertz CT molecular complexity index is 1060. The maximum absolute atomic E-state index is 14.8. The van der Waals surface area contributed by atoms with Gasteiger partial charge in [0.1, 0.15) is 5.82 Å². The van der Waals surface area contributed by atoms with Crippen LogP contribution in [0, 0.1) is 17.2 Å². The molecule has 7 heteroatoms. The summed E-state index contributed by atoms with van der Waals surface area (Å²) in [6.45, 7) is 6.15. The Morgan fingerprint density at radius 1 is 1.00 bits per heavy atom. The highest BCUT2D eigenvalue weighted by atomic mass is 19.1. The average Bonchev–Trinajstić information content (AvgIpc) is 3.02.